The lowest BCUT2D eigenvalue weighted by Gasteiger charge is -2.05. The van der Waals surface area contributed by atoms with Crippen molar-refractivity contribution in [3.63, 3.8) is 0 Å². The van der Waals surface area contributed by atoms with Crippen LogP contribution < -0.4 is 14.8 Å². The molecule has 0 fully saturated rings. The molecule has 25 heavy (non-hydrogen) atoms. The summed E-state index contributed by atoms with van der Waals surface area (Å²) in [5.74, 6) is 1.08. The number of nitrogens with zero attached hydrogens (tertiary/aromatic N) is 2. The Morgan fingerprint density at radius 2 is 1.68 bits per heavy atom. The lowest BCUT2D eigenvalue weighted by molar-refractivity contribution is 0.102. The normalized spacial score (nSPS) is 10.4. The van der Waals surface area contributed by atoms with Crippen LogP contribution in [0.1, 0.15) is 10.4 Å². The van der Waals surface area contributed by atoms with Crippen LogP contribution in [0.4, 0.5) is 6.01 Å². The van der Waals surface area contributed by atoms with Crippen LogP contribution in [0.5, 0.6) is 11.5 Å². The third-order valence-corrected chi connectivity index (χ3v) is 3.88. The van der Waals surface area contributed by atoms with E-state index in [4.69, 9.17) is 13.9 Å². The van der Waals surface area contributed by atoms with Gasteiger partial charge in [-0.1, -0.05) is 21.0 Å². The number of ether oxygens (including phenoxy) is 2. The molecule has 0 saturated carbocycles. The largest absolute Gasteiger partial charge is 0.497 e. The third-order valence-electron chi connectivity index (χ3n) is 3.35. The number of carbonyl (C=O) groups excluding carboxylic acids is 1. The highest BCUT2D eigenvalue weighted by Gasteiger charge is 2.14. The van der Waals surface area contributed by atoms with E-state index in [1.54, 1.807) is 56.7 Å². The number of hydrogen-bond donors (Lipinski definition) is 1. The van der Waals surface area contributed by atoms with Gasteiger partial charge in [-0.15, -0.1) is 5.10 Å². The number of nitrogens with one attached hydrogen (secondary N) is 1. The first-order chi connectivity index (χ1) is 12.1. The number of aromatic nitrogens is 2. The first-order valence-electron chi connectivity index (χ1n) is 7.23. The quantitative estimate of drug-likeness (QED) is 0.697. The van der Waals surface area contributed by atoms with E-state index in [0.29, 0.717) is 22.6 Å². The highest BCUT2D eigenvalue weighted by atomic mass is 79.9. The van der Waals surface area contributed by atoms with Crippen molar-refractivity contribution in [1.82, 2.24) is 10.2 Å². The Hall–Kier alpha value is -2.87. The second-order valence-electron chi connectivity index (χ2n) is 4.97. The van der Waals surface area contributed by atoms with Crippen LogP contribution >= 0.6 is 15.9 Å². The zero-order valence-electron chi connectivity index (χ0n) is 13.4. The van der Waals surface area contributed by atoms with Gasteiger partial charge < -0.3 is 13.9 Å². The zero-order valence-corrected chi connectivity index (χ0v) is 15.0. The Morgan fingerprint density at radius 3 is 2.28 bits per heavy atom. The average Bonchev–Trinajstić information content (AvgIpc) is 3.10. The fraction of sp³-hybridized carbons (Fsp3) is 0.118. The smallest absolute Gasteiger partial charge is 0.322 e. The molecule has 0 spiro atoms. The summed E-state index contributed by atoms with van der Waals surface area (Å²) < 4.78 is 16.8. The molecule has 2 aromatic carbocycles. The molecule has 128 valence electrons. The molecular formula is C17H14BrN3O4. The SMILES string of the molecule is COc1cc(OC)cc(-c2nnc(NC(=O)c3ccc(Br)cc3)o2)c1. The van der Waals surface area contributed by atoms with Gasteiger partial charge in [-0.2, -0.15) is 0 Å². The molecule has 0 radical (unpaired) electrons. The van der Waals surface area contributed by atoms with Crippen LogP contribution in [0.3, 0.4) is 0 Å². The molecular weight excluding hydrogens is 390 g/mol. The van der Waals surface area contributed by atoms with Gasteiger partial charge in [0.15, 0.2) is 0 Å². The molecule has 8 heteroatoms. The van der Waals surface area contributed by atoms with Gasteiger partial charge in [0, 0.05) is 21.7 Å². The topological polar surface area (TPSA) is 86.5 Å². The number of rotatable bonds is 5. The number of amides is 1. The van der Waals surface area contributed by atoms with Crippen molar-refractivity contribution in [2.45, 2.75) is 0 Å². The highest BCUT2D eigenvalue weighted by molar-refractivity contribution is 9.10. The average molecular weight is 404 g/mol. The van der Waals surface area contributed by atoms with Gasteiger partial charge in [0.25, 0.3) is 5.91 Å². The predicted octanol–water partition coefficient (Wildman–Crippen LogP) is 3.77. The summed E-state index contributed by atoms with van der Waals surface area (Å²) in [4.78, 5) is 12.2. The molecule has 0 saturated heterocycles. The highest BCUT2D eigenvalue weighted by Crippen LogP contribution is 2.29. The van der Waals surface area contributed by atoms with Gasteiger partial charge in [0.05, 0.1) is 14.2 Å². The summed E-state index contributed by atoms with van der Waals surface area (Å²) in [6.45, 7) is 0. The fourth-order valence-corrected chi connectivity index (χ4v) is 2.36. The summed E-state index contributed by atoms with van der Waals surface area (Å²) >= 11 is 3.32. The number of benzene rings is 2. The number of halogens is 1. The summed E-state index contributed by atoms with van der Waals surface area (Å²) in [6.07, 6.45) is 0. The van der Waals surface area contributed by atoms with Gasteiger partial charge in [-0.05, 0) is 36.4 Å². The van der Waals surface area contributed by atoms with Gasteiger partial charge in [-0.25, -0.2) is 0 Å². The van der Waals surface area contributed by atoms with E-state index in [2.05, 4.69) is 31.4 Å². The Kier molecular flexibility index (Phi) is 4.99. The van der Waals surface area contributed by atoms with Crippen molar-refractivity contribution in [3.05, 3.63) is 52.5 Å². The molecule has 0 atom stereocenters. The van der Waals surface area contributed by atoms with Gasteiger partial charge in [0.1, 0.15) is 11.5 Å². The van der Waals surface area contributed by atoms with Crippen LogP contribution in [0, 0.1) is 0 Å². The second kappa shape index (κ2) is 7.35. The minimum Gasteiger partial charge on any atom is -0.497 e. The van der Waals surface area contributed by atoms with Gasteiger partial charge in [0.2, 0.25) is 5.89 Å². The Balaban J connectivity index is 1.80. The van der Waals surface area contributed by atoms with Crippen molar-refractivity contribution in [3.8, 4) is 23.0 Å². The molecule has 1 aromatic heterocycles. The maximum atomic E-state index is 12.2. The van der Waals surface area contributed by atoms with E-state index in [-0.39, 0.29) is 17.8 Å². The molecule has 3 rings (SSSR count). The van der Waals surface area contributed by atoms with E-state index in [1.165, 1.54) is 0 Å². The number of anilines is 1. The second-order valence-corrected chi connectivity index (χ2v) is 5.89. The molecule has 0 aliphatic heterocycles. The molecule has 1 heterocycles. The van der Waals surface area contributed by atoms with E-state index in [1.807, 2.05) is 0 Å². The molecule has 1 N–H and O–H groups in total. The van der Waals surface area contributed by atoms with Crippen LogP contribution in [0.25, 0.3) is 11.5 Å². The van der Waals surface area contributed by atoms with E-state index in [0.717, 1.165) is 4.47 Å². The lowest BCUT2D eigenvalue weighted by Crippen LogP contribution is -2.11. The van der Waals surface area contributed by atoms with Crippen LogP contribution in [-0.4, -0.2) is 30.3 Å². The van der Waals surface area contributed by atoms with Crippen molar-refractivity contribution in [2.24, 2.45) is 0 Å². The Labute approximate surface area is 152 Å². The van der Waals surface area contributed by atoms with Crippen LogP contribution in [0.15, 0.2) is 51.4 Å². The summed E-state index contributed by atoms with van der Waals surface area (Å²) in [6, 6.07) is 12.1. The molecule has 1 amide bonds. The zero-order chi connectivity index (χ0) is 17.8. The van der Waals surface area contributed by atoms with Crippen molar-refractivity contribution >= 4 is 27.9 Å². The fourth-order valence-electron chi connectivity index (χ4n) is 2.09. The van der Waals surface area contributed by atoms with Crippen molar-refractivity contribution in [1.29, 1.82) is 0 Å². The predicted molar refractivity (Wildman–Crippen MR) is 94.9 cm³/mol. The maximum Gasteiger partial charge on any atom is 0.322 e. The standard InChI is InChI=1S/C17H14BrN3O4/c1-23-13-7-11(8-14(9-13)24-2)16-20-21-17(25-16)19-15(22)10-3-5-12(18)6-4-10/h3-9H,1-2H3,(H,19,21,22). The van der Waals surface area contributed by atoms with E-state index >= 15 is 0 Å². The van der Waals surface area contributed by atoms with E-state index in [9.17, 15) is 4.79 Å². The molecule has 0 aliphatic rings. The number of carbonyl (C=O) groups is 1. The lowest BCUT2D eigenvalue weighted by atomic mass is 10.2. The minimum atomic E-state index is -0.342. The van der Waals surface area contributed by atoms with E-state index < -0.39 is 0 Å². The monoisotopic (exact) mass is 403 g/mol. The first-order valence-corrected chi connectivity index (χ1v) is 8.02. The number of methoxy groups -OCH3 is 2. The molecule has 3 aromatic rings. The molecule has 7 nitrogen and oxygen atoms in total. The number of hydrogen-bond acceptors (Lipinski definition) is 6. The third kappa shape index (κ3) is 3.97. The Morgan fingerprint density at radius 1 is 1.04 bits per heavy atom. The van der Waals surface area contributed by atoms with Crippen LogP contribution in [0.2, 0.25) is 0 Å². The summed E-state index contributed by atoms with van der Waals surface area (Å²) in [5.41, 5.74) is 1.10. The summed E-state index contributed by atoms with van der Waals surface area (Å²) in [5, 5.41) is 10.4. The molecule has 0 bridgehead atoms. The maximum absolute atomic E-state index is 12.2. The van der Waals surface area contributed by atoms with Gasteiger partial charge >= 0.3 is 6.01 Å². The van der Waals surface area contributed by atoms with Crippen LogP contribution in [-0.2, 0) is 0 Å². The van der Waals surface area contributed by atoms with Gasteiger partial charge in [-0.3, -0.25) is 10.1 Å². The van der Waals surface area contributed by atoms with Crippen molar-refractivity contribution < 1.29 is 18.7 Å². The van der Waals surface area contributed by atoms with Crippen molar-refractivity contribution in [2.75, 3.05) is 19.5 Å². The Bertz CT molecular complexity index is 871. The first kappa shape index (κ1) is 17.0. The molecule has 0 unspecified atom stereocenters. The minimum absolute atomic E-state index is 0.00436. The summed E-state index contributed by atoms with van der Waals surface area (Å²) in [7, 11) is 3.10. The molecule has 0 aliphatic carbocycles.